The van der Waals surface area contributed by atoms with Gasteiger partial charge in [-0.1, -0.05) is 60.7 Å². The third-order valence-corrected chi connectivity index (χ3v) is 7.31. The van der Waals surface area contributed by atoms with Gasteiger partial charge in [0.1, 0.15) is 5.54 Å². The molecule has 1 spiro atoms. The number of hydrogen-bond acceptors (Lipinski definition) is 4. The van der Waals surface area contributed by atoms with Crippen molar-refractivity contribution in [1.82, 2.24) is 14.9 Å². The lowest BCUT2D eigenvalue weighted by Crippen LogP contribution is -2.60. The van der Waals surface area contributed by atoms with Crippen LogP contribution in [0.3, 0.4) is 0 Å². The number of rotatable bonds is 5. The van der Waals surface area contributed by atoms with Crippen LogP contribution in [0.1, 0.15) is 24.0 Å². The lowest BCUT2D eigenvalue weighted by atomic mass is 9.84. The third-order valence-electron chi connectivity index (χ3n) is 6.01. The summed E-state index contributed by atoms with van der Waals surface area (Å²) in [6.07, 6.45) is 3.49. The molecule has 4 rings (SSSR count). The monoisotopic (exact) mass is 413 g/mol. The first-order valence-corrected chi connectivity index (χ1v) is 11.8. The molecule has 0 radical (unpaired) electrons. The Morgan fingerprint density at radius 1 is 0.897 bits per heavy atom. The molecular formula is C22H27N3O3S. The first-order chi connectivity index (χ1) is 13.8. The summed E-state index contributed by atoms with van der Waals surface area (Å²) in [5.74, 6) is -0.0157. The molecule has 2 aromatic rings. The van der Waals surface area contributed by atoms with E-state index in [1.54, 1.807) is 0 Å². The number of hydrogen-bond donors (Lipinski definition) is 2. The van der Waals surface area contributed by atoms with Crippen LogP contribution in [0, 0.1) is 0 Å². The zero-order valence-electron chi connectivity index (χ0n) is 16.6. The molecule has 0 aromatic heterocycles. The molecule has 7 heteroatoms. The van der Waals surface area contributed by atoms with Crippen molar-refractivity contribution in [2.24, 2.45) is 0 Å². The van der Waals surface area contributed by atoms with Gasteiger partial charge < -0.3 is 5.32 Å². The summed E-state index contributed by atoms with van der Waals surface area (Å²) in [5.41, 5.74) is 0.853. The topological polar surface area (TPSA) is 78.5 Å². The zero-order valence-corrected chi connectivity index (χ0v) is 17.4. The Morgan fingerprint density at radius 2 is 1.38 bits per heavy atom. The molecule has 2 saturated heterocycles. The van der Waals surface area contributed by atoms with E-state index in [4.69, 9.17) is 0 Å². The maximum atomic E-state index is 13.4. The fraction of sp³-hybridized carbons (Fsp3) is 0.409. The molecule has 2 heterocycles. The Morgan fingerprint density at radius 3 is 1.83 bits per heavy atom. The summed E-state index contributed by atoms with van der Waals surface area (Å²) in [6.45, 7) is 0.803. The molecule has 2 fully saturated rings. The highest BCUT2D eigenvalue weighted by Gasteiger charge is 2.54. The lowest BCUT2D eigenvalue weighted by molar-refractivity contribution is -0.124. The standard InChI is InChI=1S/C22H27N3O3S/c1-29(27,28)25-14-12-22(13-15-25)23-20(26)21(24-22,16-18-8-4-2-5-9-18)17-19-10-6-3-7-11-19/h2-11,24H,12-17H2,1H3,(H,23,26). The predicted molar refractivity (Wildman–Crippen MR) is 113 cm³/mol. The highest BCUT2D eigenvalue weighted by molar-refractivity contribution is 7.88. The number of carbonyl (C=O) groups excluding carboxylic acids is 1. The largest absolute Gasteiger partial charge is 0.336 e. The first-order valence-electron chi connectivity index (χ1n) is 9.95. The van der Waals surface area contributed by atoms with E-state index < -0.39 is 21.2 Å². The van der Waals surface area contributed by atoms with Crippen LogP contribution in [0.5, 0.6) is 0 Å². The normalized spacial score (nSPS) is 21.2. The van der Waals surface area contributed by atoms with Crippen LogP contribution >= 0.6 is 0 Å². The van der Waals surface area contributed by atoms with Gasteiger partial charge in [0, 0.05) is 13.1 Å². The van der Waals surface area contributed by atoms with Crippen LogP contribution in [0.2, 0.25) is 0 Å². The van der Waals surface area contributed by atoms with Gasteiger partial charge >= 0.3 is 0 Å². The van der Waals surface area contributed by atoms with Crippen LogP contribution in [-0.2, 0) is 27.7 Å². The van der Waals surface area contributed by atoms with E-state index in [-0.39, 0.29) is 5.91 Å². The van der Waals surface area contributed by atoms with Gasteiger partial charge in [-0.05, 0) is 36.8 Å². The van der Waals surface area contributed by atoms with Crippen LogP contribution in [-0.4, -0.2) is 49.2 Å². The second-order valence-electron chi connectivity index (χ2n) is 8.23. The quantitative estimate of drug-likeness (QED) is 0.782. The number of carbonyl (C=O) groups is 1. The molecule has 0 aliphatic carbocycles. The Balaban J connectivity index is 1.62. The van der Waals surface area contributed by atoms with Gasteiger partial charge in [-0.2, -0.15) is 0 Å². The summed E-state index contributed by atoms with van der Waals surface area (Å²) in [4.78, 5) is 13.4. The number of nitrogens with one attached hydrogen (secondary N) is 2. The minimum absolute atomic E-state index is 0.0157. The second-order valence-corrected chi connectivity index (χ2v) is 10.2. The molecule has 6 nitrogen and oxygen atoms in total. The van der Waals surface area contributed by atoms with Crippen molar-refractivity contribution in [3.05, 3.63) is 71.8 Å². The number of piperidine rings is 1. The molecule has 154 valence electrons. The van der Waals surface area contributed by atoms with Crippen LogP contribution in [0.15, 0.2) is 60.7 Å². The molecule has 2 aliphatic heterocycles. The van der Waals surface area contributed by atoms with Crippen LogP contribution < -0.4 is 10.6 Å². The average molecular weight is 414 g/mol. The molecule has 2 aromatic carbocycles. The summed E-state index contributed by atoms with van der Waals surface area (Å²) in [5, 5.41) is 6.86. The van der Waals surface area contributed by atoms with Gasteiger partial charge in [0.2, 0.25) is 15.9 Å². The van der Waals surface area contributed by atoms with E-state index >= 15 is 0 Å². The third kappa shape index (κ3) is 4.22. The van der Waals surface area contributed by atoms with Gasteiger partial charge in [0.15, 0.2) is 0 Å². The zero-order chi connectivity index (χ0) is 20.5. The van der Waals surface area contributed by atoms with Crippen LogP contribution in [0.4, 0.5) is 0 Å². The SMILES string of the molecule is CS(=O)(=O)N1CCC2(CC1)NC(=O)C(Cc1ccccc1)(Cc1ccccc1)N2. The van der Waals surface area contributed by atoms with Crippen molar-refractivity contribution in [3.63, 3.8) is 0 Å². The van der Waals surface area contributed by atoms with E-state index in [9.17, 15) is 13.2 Å². The van der Waals surface area contributed by atoms with Gasteiger partial charge in [0.25, 0.3) is 0 Å². The van der Waals surface area contributed by atoms with Crippen molar-refractivity contribution < 1.29 is 13.2 Å². The fourth-order valence-corrected chi connectivity index (χ4v) is 5.38. The van der Waals surface area contributed by atoms with Crippen molar-refractivity contribution in [1.29, 1.82) is 0 Å². The van der Waals surface area contributed by atoms with E-state index in [0.717, 1.165) is 11.1 Å². The van der Waals surface area contributed by atoms with Crippen molar-refractivity contribution in [2.45, 2.75) is 36.9 Å². The molecule has 0 saturated carbocycles. The summed E-state index contributed by atoms with van der Waals surface area (Å²) in [7, 11) is -3.22. The maximum absolute atomic E-state index is 13.4. The molecule has 29 heavy (non-hydrogen) atoms. The Kier molecular flexibility index (Phi) is 5.23. The van der Waals surface area contributed by atoms with Crippen molar-refractivity contribution in [3.8, 4) is 0 Å². The molecule has 2 N–H and O–H groups in total. The van der Waals surface area contributed by atoms with Crippen LogP contribution in [0.25, 0.3) is 0 Å². The molecule has 2 aliphatic rings. The molecule has 0 unspecified atom stereocenters. The molecule has 0 bridgehead atoms. The summed E-state index contributed by atoms with van der Waals surface area (Å²) in [6, 6.07) is 20.0. The summed E-state index contributed by atoms with van der Waals surface area (Å²) >= 11 is 0. The number of sulfonamides is 1. The van der Waals surface area contributed by atoms with E-state index in [0.29, 0.717) is 38.8 Å². The Hall–Kier alpha value is -2.22. The average Bonchev–Trinajstić information content (AvgIpc) is 2.93. The van der Waals surface area contributed by atoms with E-state index in [2.05, 4.69) is 10.6 Å². The minimum Gasteiger partial charge on any atom is -0.336 e. The smallest absolute Gasteiger partial charge is 0.242 e. The second kappa shape index (κ2) is 7.55. The lowest BCUT2D eigenvalue weighted by Gasteiger charge is -2.40. The number of amides is 1. The van der Waals surface area contributed by atoms with E-state index in [1.807, 2.05) is 60.7 Å². The van der Waals surface area contributed by atoms with Gasteiger partial charge in [-0.25, -0.2) is 12.7 Å². The van der Waals surface area contributed by atoms with Crippen molar-refractivity contribution >= 4 is 15.9 Å². The number of nitrogens with zero attached hydrogens (tertiary/aromatic N) is 1. The predicted octanol–water partition coefficient (Wildman–Crippen LogP) is 1.68. The minimum atomic E-state index is -3.22. The highest BCUT2D eigenvalue weighted by atomic mass is 32.2. The maximum Gasteiger partial charge on any atom is 0.242 e. The van der Waals surface area contributed by atoms with Gasteiger partial charge in [-0.3, -0.25) is 10.1 Å². The Labute approximate surface area is 172 Å². The fourth-order valence-electron chi connectivity index (χ4n) is 4.53. The van der Waals surface area contributed by atoms with E-state index in [1.165, 1.54) is 10.6 Å². The highest BCUT2D eigenvalue weighted by Crippen LogP contribution is 2.33. The molecular weight excluding hydrogens is 386 g/mol. The first kappa shape index (κ1) is 20.1. The summed E-state index contributed by atoms with van der Waals surface area (Å²) < 4.78 is 25.3. The molecule has 1 amide bonds. The molecule has 0 atom stereocenters. The van der Waals surface area contributed by atoms with Crippen molar-refractivity contribution in [2.75, 3.05) is 19.3 Å². The van der Waals surface area contributed by atoms with Gasteiger partial charge in [-0.15, -0.1) is 0 Å². The Bertz CT molecular complexity index is 927. The van der Waals surface area contributed by atoms with Gasteiger partial charge in [0.05, 0.1) is 11.9 Å². The number of benzene rings is 2.